The Morgan fingerprint density at radius 2 is 1.00 bits per heavy atom. The van der Waals surface area contributed by atoms with Crippen molar-refractivity contribution in [2.24, 2.45) is 4.52 Å². The van der Waals surface area contributed by atoms with Gasteiger partial charge in [-0.3, -0.25) is 5.09 Å². The van der Waals surface area contributed by atoms with Gasteiger partial charge in [-0.15, -0.1) is 14.0 Å². The van der Waals surface area contributed by atoms with Crippen LogP contribution in [-0.4, -0.2) is 101 Å². The van der Waals surface area contributed by atoms with E-state index in [1.54, 1.807) is 0 Å². The van der Waals surface area contributed by atoms with Gasteiger partial charge in [-0.1, -0.05) is 0 Å². The Balaban J connectivity index is 6.38. The van der Waals surface area contributed by atoms with Crippen molar-refractivity contribution in [3.63, 3.8) is 0 Å². The van der Waals surface area contributed by atoms with Crippen molar-refractivity contribution in [2.75, 3.05) is 77.5 Å². The fourth-order valence-corrected chi connectivity index (χ4v) is 11.0. The average molecular weight is 326 g/mol. The quantitative estimate of drug-likeness (QED) is 0.717. The van der Waals surface area contributed by atoms with E-state index < -0.39 is 15.4 Å². The predicted molar refractivity (Wildman–Crippen MR) is 93.8 cm³/mol. The maximum absolute atomic E-state index is 5.40. The van der Waals surface area contributed by atoms with Crippen molar-refractivity contribution in [1.29, 1.82) is 0 Å². The molecule has 20 heavy (non-hydrogen) atoms. The highest BCUT2D eigenvalue weighted by Gasteiger charge is 2.51. The number of nitrogens with zero attached hydrogens (tertiary/aromatic N) is 6. The highest BCUT2D eigenvalue weighted by Crippen LogP contribution is 2.72. The summed E-state index contributed by atoms with van der Waals surface area (Å²) in [6, 6.07) is 0. The zero-order valence-corrected chi connectivity index (χ0v) is 16.9. The lowest BCUT2D eigenvalue weighted by atomic mass is 11.2. The molecule has 0 heterocycles. The number of rotatable bonds is 7. The Kier molecular flexibility index (Phi) is 7.77. The van der Waals surface area contributed by atoms with E-state index in [0.717, 1.165) is 0 Å². The van der Waals surface area contributed by atoms with E-state index in [4.69, 9.17) is 4.52 Å². The van der Waals surface area contributed by atoms with Gasteiger partial charge in [0.05, 0.1) is 0 Å². The summed E-state index contributed by atoms with van der Waals surface area (Å²) < 4.78 is 16.5. The molecule has 0 atom stereocenters. The first kappa shape index (κ1) is 20.4. The van der Waals surface area contributed by atoms with Gasteiger partial charge in [-0.25, -0.2) is 9.34 Å². The summed E-state index contributed by atoms with van der Waals surface area (Å²) >= 11 is 0. The van der Waals surface area contributed by atoms with Crippen LogP contribution in [0.4, 0.5) is 0 Å². The fourth-order valence-electron chi connectivity index (χ4n) is 2.44. The molecule has 0 spiro atoms. The second-order valence-corrected chi connectivity index (χ2v) is 13.0. The molecule has 0 unspecified atom stereocenters. The van der Waals surface area contributed by atoms with Gasteiger partial charge in [0.2, 0.25) is 7.51 Å². The summed E-state index contributed by atoms with van der Waals surface area (Å²) in [7, 11) is 19.1. The second-order valence-electron chi connectivity index (χ2n) is 5.65. The molecule has 0 aliphatic heterocycles. The molecule has 9 heteroatoms. The summed E-state index contributed by atoms with van der Waals surface area (Å²) in [5.74, 6) is 0. The summed E-state index contributed by atoms with van der Waals surface area (Å²) in [4.78, 5) is 0. The van der Waals surface area contributed by atoms with E-state index in [9.17, 15) is 0 Å². The summed E-state index contributed by atoms with van der Waals surface area (Å²) in [6.45, 7) is 0. The van der Waals surface area contributed by atoms with E-state index in [0.29, 0.717) is 0 Å². The molecule has 0 radical (unpaired) electrons. The zero-order valence-electron chi connectivity index (χ0n) is 15.1. The fraction of sp³-hybridized carbons (Fsp3) is 1.00. The van der Waals surface area contributed by atoms with Crippen LogP contribution in [0.3, 0.4) is 0 Å². The van der Waals surface area contributed by atoms with Crippen LogP contribution >= 0.6 is 15.4 Å². The highest BCUT2D eigenvalue weighted by atomic mass is 31.2. The van der Waals surface area contributed by atoms with Crippen molar-refractivity contribution in [3.8, 4) is 0 Å². The molecule has 0 aliphatic carbocycles. The molecule has 0 saturated carbocycles. The molecule has 7 nitrogen and oxygen atoms in total. The lowest BCUT2D eigenvalue weighted by Crippen LogP contribution is -2.37. The number of hydrogen-bond acceptors (Lipinski definition) is 4. The van der Waals surface area contributed by atoms with Gasteiger partial charge in [0.15, 0.2) is 0 Å². The van der Waals surface area contributed by atoms with Gasteiger partial charge in [-0.05, 0) is 39.8 Å². The van der Waals surface area contributed by atoms with Crippen molar-refractivity contribution in [3.05, 3.63) is 0 Å². The van der Waals surface area contributed by atoms with Crippen LogP contribution in [0.25, 0.3) is 0 Å². The van der Waals surface area contributed by atoms with Crippen LogP contribution in [0.15, 0.2) is 4.52 Å². The molecule has 0 saturated heterocycles. The normalized spacial score (nSPS) is 14.2. The van der Waals surface area contributed by atoms with E-state index in [2.05, 4.69) is 98.9 Å². The highest BCUT2D eigenvalue weighted by molar-refractivity contribution is 7.75. The molecule has 122 valence electrons. The molecule has 0 aromatic heterocycles. The van der Waals surface area contributed by atoms with Crippen LogP contribution < -0.4 is 5.09 Å². The van der Waals surface area contributed by atoms with Gasteiger partial charge in [0, 0.05) is 42.3 Å². The third-order valence-electron chi connectivity index (χ3n) is 3.27. The van der Waals surface area contributed by atoms with Crippen molar-refractivity contribution in [2.45, 2.75) is 0 Å². The van der Waals surface area contributed by atoms with Crippen molar-refractivity contribution in [1.82, 2.24) is 28.4 Å². The van der Waals surface area contributed by atoms with Crippen LogP contribution in [0, 0.1) is 0 Å². The monoisotopic (exact) mass is 326 g/mol. The maximum atomic E-state index is 5.40. The second kappa shape index (κ2) is 7.61. The molecule has 0 aliphatic rings. The van der Waals surface area contributed by atoms with Crippen LogP contribution in [0.1, 0.15) is 0 Å². The summed E-state index contributed by atoms with van der Waals surface area (Å²) in [5.41, 5.74) is 0. The lowest BCUT2D eigenvalue weighted by molar-refractivity contribution is 0.458. The molecule has 0 aromatic rings. The molecule has 0 bridgehead atoms. The van der Waals surface area contributed by atoms with E-state index in [-0.39, 0.29) is 0 Å². The Hall–Kier alpha value is 0.420. The first-order valence-electron chi connectivity index (χ1n) is 6.60. The van der Waals surface area contributed by atoms with Gasteiger partial charge in [0.1, 0.15) is 0 Å². The van der Waals surface area contributed by atoms with E-state index >= 15 is 0 Å². The Bertz CT molecular complexity index is 319. The molecule has 0 aromatic carbocycles. The lowest BCUT2D eigenvalue weighted by Gasteiger charge is -2.41. The first-order valence-corrected chi connectivity index (χ1v) is 9.84. The summed E-state index contributed by atoms with van der Waals surface area (Å²) in [6.07, 6.45) is 0. The van der Waals surface area contributed by atoms with Crippen LogP contribution in [0.5, 0.6) is 0 Å². The summed E-state index contributed by atoms with van der Waals surface area (Å²) in [5, 5.41) is 3.48. The number of nitrogens with one attached hydrogen (secondary N) is 1. The maximum Gasteiger partial charge on any atom is 0.355 e. The third-order valence-corrected chi connectivity index (χ3v) is 11.3. The minimum absolute atomic E-state index is 1.93. The average Bonchev–Trinajstić information content (AvgIpc) is 2.28. The zero-order chi connectivity index (χ0) is 16.3. The largest absolute Gasteiger partial charge is 0.355 e. The minimum atomic E-state index is -1.94. The standard InChI is InChI=1S/C11H34N7P2/c1-12-19(14(2)3,15(4)5)13-20(16(6)7,17(8)9)18(10)11/h12H,1-11H3/q+1. The molecular formula is C11H34N7P2+. The molecule has 0 amide bonds. The Labute approximate surface area is 126 Å². The minimum Gasteiger partial charge on any atom is -0.260 e. The molecule has 0 fully saturated rings. The number of hydrogen-bond donors (Lipinski definition) is 1. The third kappa shape index (κ3) is 3.60. The topological polar surface area (TPSA) is 40.6 Å². The van der Waals surface area contributed by atoms with Gasteiger partial charge >= 0.3 is 7.87 Å². The molecule has 1 N–H and O–H groups in total. The molecule has 0 rings (SSSR count). The van der Waals surface area contributed by atoms with Crippen molar-refractivity contribution >= 4 is 15.4 Å². The SMILES string of the molecule is CNP(=N[P+](N(C)C)(N(C)C)N(C)C)(N(C)C)N(C)C. The van der Waals surface area contributed by atoms with Crippen molar-refractivity contribution < 1.29 is 0 Å². The van der Waals surface area contributed by atoms with Crippen LogP contribution in [0.2, 0.25) is 0 Å². The smallest absolute Gasteiger partial charge is 0.260 e. The van der Waals surface area contributed by atoms with Gasteiger partial charge < -0.3 is 0 Å². The van der Waals surface area contributed by atoms with E-state index in [1.807, 2.05) is 7.05 Å². The van der Waals surface area contributed by atoms with E-state index in [1.165, 1.54) is 0 Å². The Morgan fingerprint density at radius 3 is 1.15 bits per heavy atom. The van der Waals surface area contributed by atoms with Gasteiger partial charge in [-0.2, -0.15) is 0 Å². The molecular weight excluding hydrogens is 292 g/mol. The van der Waals surface area contributed by atoms with Gasteiger partial charge in [0.25, 0.3) is 0 Å². The van der Waals surface area contributed by atoms with Crippen LogP contribution in [-0.2, 0) is 0 Å². The predicted octanol–water partition coefficient (Wildman–Crippen LogP) is 1.64. The Morgan fingerprint density at radius 1 is 0.700 bits per heavy atom. The first-order chi connectivity index (χ1) is 8.98.